The number of hydrogen-bond donors (Lipinski definition) is 1. The van der Waals surface area contributed by atoms with Crippen LogP contribution in [0.2, 0.25) is 0 Å². The van der Waals surface area contributed by atoms with Crippen LogP contribution in [-0.2, 0) is 17.6 Å². The lowest BCUT2D eigenvalue weighted by Crippen LogP contribution is -2.30. The van der Waals surface area contributed by atoms with E-state index in [-0.39, 0.29) is 17.8 Å². The first kappa shape index (κ1) is 21.4. The third kappa shape index (κ3) is 5.44. The van der Waals surface area contributed by atoms with E-state index in [1.807, 2.05) is 23.1 Å². The van der Waals surface area contributed by atoms with Crippen molar-refractivity contribution < 1.29 is 9.18 Å². The van der Waals surface area contributed by atoms with Crippen LogP contribution in [0.1, 0.15) is 54.9 Å². The zero-order chi connectivity index (χ0) is 21.6. The Hall–Kier alpha value is -2.87. The Kier molecular flexibility index (Phi) is 6.86. The van der Waals surface area contributed by atoms with Gasteiger partial charge in [0.05, 0.1) is 11.7 Å². The average molecular weight is 440 g/mol. The van der Waals surface area contributed by atoms with Gasteiger partial charge in [-0.15, -0.1) is 10.2 Å². The molecule has 2 aromatic heterocycles. The molecule has 6 nitrogen and oxygen atoms in total. The number of hydrogen-bond acceptors (Lipinski definition) is 6. The summed E-state index contributed by atoms with van der Waals surface area (Å²) >= 11 is 1.52. The average Bonchev–Trinajstić information content (AvgIpc) is 3.45. The van der Waals surface area contributed by atoms with E-state index < -0.39 is 0 Å². The predicted octanol–water partition coefficient (Wildman–Crippen LogP) is 5.06. The summed E-state index contributed by atoms with van der Waals surface area (Å²) in [5.74, 6) is 0.634. The molecule has 0 radical (unpaired) electrons. The number of anilines is 2. The van der Waals surface area contributed by atoms with Crippen LogP contribution in [0.15, 0.2) is 42.5 Å². The number of aryl methyl sites for hydroxylation is 2. The van der Waals surface area contributed by atoms with E-state index in [0.717, 1.165) is 60.0 Å². The maximum atomic E-state index is 13.0. The molecule has 1 amide bonds. The van der Waals surface area contributed by atoms with Crippen molar-refractivity contribution in [3.8, 4) is 0 Å². The van der Waals surface area contributed by atoms with Crippen molar-refractivity contribution in [3.63, 3.8) is 0 Å². The molecule has 1 aromatic carbocycles. The number of pyridine rings is 1. The molecular weight excluding hydrogens is 413 g/mol. The van der Waals surface area contributed by atoms with Gasteiger partial charge in [-0.3, -0.25) is 4.79 Å². The number of rotatable bonds is 8. The molecule has 0 saturated carbocycles. The smallest absolute Gasteiger partial charge is 0.223 e. The van der Waals surface area contributed by atoms with Crippen molar-refractivity contribution in [1.29, 1.82) is 0 Å². The maximum absolute atomic E-state index is 13.0. The second-order valence-corrected chi connectivity index (χ2v) is 8.71. The fourth-order valence-electron chi connectivity index (χ4n) is 3.87. The first-order valence-corrected chi connectivity index (χ1v) is 11.5. The summed E-state index contributed by atoms with van der Waals surface area (Å²) < 4.78 is 13.0. The van der Waals surface area contributed by atoms with Gasteiger partial charge >= 0.3 is 0 Å². The van der Waals surface area contributed by atoms with E-state index in [9.17, 15) is 9.18 Å². The van der Waals surface area contributed by atoms with E-state index in [4.69, 9.17) is 4.98 Å². The van der Waals surface area contributed by atoms with Crippen LogP contribution in [0, 0.1) is 5.82 Å². The fourth-order valence-corrected chi connectivity index (χ4v) is 4.56. The lowest BCUT2D eigenvalue weighted by molar-refractivity contribution is -0.132. The summed E-state index contributed by atoms with van der Waals surface area (Å²) in [5, 5.41) is 13.2. The second-order valence-electron chi connectivity index (χ2n) is 7.65. The Morgan fingerprint density at radius 1 is 1.23 bits per heavy atom. The maximum Gasteiger partial charge on any atom is 0.223 e. The number of amides is 1. The van der Waals surface area contributed by atoms with E-state index >= 15 is 0 Å². The number of nitrogens with zero attached hydrogens (tertiary/aromatic N) is 4. The molecule has 0 bridgehead atoms. The molecule has 4 rings (SSSR count). The van der Waals surface area contributed by atoms with Gasteiger partial charge in [0.15, 0.2) is 0 Å². The van der Waals surface area contributed by atoms with Gasteiger partial charge in [0.2, 0.25) is 11.0 Å². The summed E-state index contributed by atoms with van der Waals surface area (Å²) in [6.07, 6.45) is 4.75. The van der Waals surface area contributed by atoms with Crippen LogP contribution in [0.5, 0.6) is 0 Å². The Balaban J connectivity index is 1.37. The van der Waals surface area contributed by atoms with E-state index in [1.165, 1.54) is 23.5 Å². The largest absolute Gasteiger partial charge is 0.334 e. The molecule has 0 aliphatic carbocycles. The van der Waals surface area contributed by atoms with Crippen molar-refractivity contribution in [1.82, 2.24) is 20.1 Å². The highest BCUT2D eigenvalue weighted by Crippen LogP contribution is 2.32. The number of nitrogens with one attached hydrogen (secondary N) is 1. The molecule has 162 valence electrons. The van der Waals surface area contributed by atoms with E-state index in [2.05, 4.69) is 22.4 Å². The molecule has 1 aliphatic heterocycles. The van der Waals surface area contributed by atoms with Crippen molar-refractivity contribution in [2.24, 2.45) is 0 Å². The van der Waals surface area contributed by atoms with Gasteiger partial charge < -0.3 is 10.2 Å². The van der Waals surface area contributed by atoms with E-state index in [1.54, 1.807) is 12.1 Å². The standard InChI is InChI=1S/C23H26FN5OS/c1-2-21-27-28-23(31-21)26-20-9-4-7-18(25-20)19-8-5-15-29(19)22(30)10-3-6-16-11-13-17(24)14-12-16/h4,7,9,11-14,19H,2-3,5-6,8,10,15H2,1H3,(H,25,26,28). The van der Waals surface area contributed by atoms with Gasteiger partial charge in [-0.2, -0.15) is 0 Å². The molecule has 3 aromatic rings. The SMILES string of the molecule is CCc1nnc(Nc2cccc(C3CCCN3C(=O)CCCc3ccc(F)cc3)n2)s1. The summed E-state index contributed by atoms with van der Waals surface area (Å²) in [7, 11) is 0. The summed E-state index contributed by atoms with van der Waals surface area (Å²) in [5.41, 5.74) is 1.95. The number of carbonyl (C=O) groups is 1. The molecule has 8 heteroatoms. The predicted molar refractivity (Wildman–Crippen MR) is 120 cm³/mol. The fraction of sp³-hybridized carbons (Fsp3) is 0.391. The van der Waals surface area contributed by atoms with Crippen LogP contribution < -0.4 is 5.32 Å². The quantitative estimate of drug-likeness (QED) is 0.531. The Bertz CT molecular complexity index is 1020. The zero-order valence-corrected chi connectivity index (χ0v) is 18.4. The molecule has 0 spiro atoms. The highest BCUT2D eigenvalue weighted by atomic mass is 32.1. The van der Waals surface area contributed by atoms with Crippen LogP contribution >= 0.6 is 11.3 Å². The van der Waals surface area contributed by atoms with Gasteiger partial charge in [-0.1, -0.05) is 36.5 Å². The molecule has 1 fully saturated rings. The lowest BCUT2D eigenvalue weighted by atomic mass is 10.1. The van der Waals surface area contributed by atoms with Crippen LogP contribution in [0.3, 0.4) is 0 Å². The topological polar surface area (TPSA) is 71.0 Å². The number of aromatic nitrogens is 3. The minimum Gasteiger partial charge on any atom is -0.334 e. The first-order chi connectivity index (χ1) is 15.1. The normalized spacial score (nSPS) is 15.9. The highest BCUT2D eigenvalue weighted by Gasteiger charge is 2.30. The van der Waals surface area contributed by atoms with Crippen molar-refractivity contribution in [2.45, 2.75) is 51.5 Å². The highest BCUT2D eigenvalue weighted by molar-refractivity contribution is 7.15. The number of benzene rings is 1. The molecular formula is C23H26FN5OS. The zero-order valence-electron chi connectivity index (χ0n) is 17.6. The van der Waals surface area contributed by atoms with Gasteiger partial charge in [-0.05, 0) is 61.9 Å². The molecule has 1 N–H and O–H groups in total. The number of carbonyl (C=O) groups excluding carboxylic acids is 1. The van der Waals surface area contributed by atoms with E-state index in [0.29, 0.717) is 12.2 Å². The third-order valence-electron chi connectivity index (χ3n) is 5.46. The van der Waals surface area contributed by atoms with Gasteiger partial charge in [0.1, 0.15) is 16.6 Å². The molecule has 31 heavy (non-hydrogen) atoms. The minimum absolute atomic E-state index is 0.000642. The van der Waals surface area contributed by atoms with Gasteiger partial charge in [-0.25, -0.2) is 9.37 Å². The molecule has 1 saturated heterocycles. The molecule has 1 atom stereocenters. The third-order valence-corrected chi connectivity index (χ3v) is 6.44. The molecule has 1 aliphatic rings. The molecule has 1 unspecified atom stereocenters. The van der Waals surface area contributed by atoms with Crippen LogP contribution in [0.25, 0.3) is 0 Å². The van der Waals surface area contributed by atoms with Crippen LogP contribution in [0.4, 0.5) is 15.3 Å². The molecule has 3 heterocycles. The summed E-state index contributed by atoms with van der Waals surface area (Å²) in [4.78, 5) is 19.6. The Labute approximate surface area is 185 Å². The van der Waals surface area contributed by atoms with Crippen molar-refractivity contribution in [2.75, 3.05) is 11.9 Å². The lowest BCUT2D eigenvalue weighted by Gasteiger charge is -2.24. The van der Waals surface area contributed by atoms with Gasteiger partial charge in [0, 0.05) is 13.0 Å². The van der Waals surface area contributed by atoms with Crippen molar-refractivity contribution >= 4 is 28.2 Å². The second kappa shape index (κ2) is 9.96. The van der Waals surface area contributed by atoms with Crippen molar-refractivity contribution in [3.05, 3.63) is 64.5 Å². The number of likely N-dealkylation sites (tertiary alicyclic amines) is 1. The monoisotopic (exact) mass is 439 g/mol. The Morgan fingerprint density at radius 3 is 2.84 bits per heavy atom. The first-order valence-electron chi connectivity index (χ1n) is 10.7. The van der Waals surface area contributed by atoms with Gasteiger partial charge in [0.25, 0.3) is 0 Å². The minimum atomic E-state index is -0.235. The summed E-state index contributed by atoms with van der Waals surface area (Å²) in [6, 6.07) is 12.3. The van der Waals surface area contributed by atoms with Crippen LogP contribution in [-0.4, -0.2) is 32.5 Å². The summed E-state index contributed by atoms with van der Waals surface area (Å²) in [6.45, 7) is 2.81. The number of halogens is 1. The Morgan fingerprint density at radius 2 is 2.06 bits per heavy atom.